The zero-order valence-electron chi connectivity index (χ0n) is 16.3. The van der Waals surface area contributed by atoms with Crippen LogP contribution in [0.15, 0.2) is 16.9 Å². The minimum Gasteiger partial charge on any atom is -0.305 e. The average molecular weight is 395 g/mol. The highest BCUT2D eigenvalue weighted by atomic mass is 35.5. The average Bonchev–Trinajstić information content (AvgIpc) is 2.85. The Morgan fingerprint density at radius 2 is 2.00 bits per heavy atom. The Morgan fingerprint density at radius 3 is 2.70 bits per heavy atom. The molecule has 1 fully saturated rings. The second-order valence-electron chi connectivity index (χ2n) is 7.30. The summed E-state index contributed by atoms with van der Waals surface area (Å²) < 4.78 is 15.5. The molecule has 148 valence electrons. The first-order chi connectivity index (χ1) is 13.0. The van der Waals surface area contributed by atoms with Gasteiger partial charge in [-0.25, -0.2) is 9.37 Å². The Labute approximate surface area is 164 Å². The van der Waals surface area contributed by atoms with Gasteiger partial charge in [0.2, 0.25) is 0 Å². The van der Waals surface area contributed by atoms with Crippen molar-refractivity contribution < 1.29 is 4.39 Å². The summed E-state index contributed by atoms with van der Waals surface area (Å²) in [6, 6.07) is 2.52. The molecule has 0 aliphatic carbocycles. The molecule has 0 saturated carbocycles. The van der Waals surface area contributed by atoms with E-state index in [0.717, 1.165) is 51.3 Å². The SMILES string of the molecule is CCCC(c1nc2c(Cl)cc(F)cc2c(=O)n1CC)N1CCCN(C)CC1. The van der Waals surface area contributed by atoms with Crippen molar-refractivity contribution in [1.82, 2.24) is 19.4 Å². The van der Waals surface area contributed by atoms with Gasteiger partial charge < -0.3 is 4.90 Å². The number of hydrogen-bond donors (Lipinski definition) is 0. The summed E-state index contributed by atoms with van der Waals surface area (Å²) in [6.45, 7) is 8.56. The Balaban J connectivity index is 2.15. The highest BCUT2D eigenvalue weighted by Crippen LogP contribution is 2.28. The van der Waals surface area contributed by atoms with E-state index < -0.39 is 5.82 Å². The quantitative estimate of drug-likeness (QED) is 0.775. The van der Waals surface area contributed by atoms with E-state index in [1.54, 1.807) is 4.57 Å². The summed E-state index contributed by atoms with van der Waals surface area (Å²) in [5, 5.41) is 0.439. The van der Waals surface area contributed by atoms with Crippen molar-refractivity contribution in [2.75, 3.05) is 33.2 Å². The van der Waals surface area contributed by atoms with E-state index in [9.17, 15) is 9.18 Å². The largest absolute Gasteiger partial charge is 0.305 e. The molecule has 0 N–H and O–H groups in total. The molecule has 1 aliphatic rings. The number of halogens is 2. The smallest absolute Gasteiger partial charge is 0.261 e. The fraction of sp³-hybridized carbons (Fsp3) is 0.600. The fourth-order valence-corrected chi connectivity index (χ4v) is 4.20. The van der Waals surface area contributed by atoms with Gasteiger partial charge in [0.05, 0.1) is 22.0 Å². The molecule has 1 aromatic heterocycles. The van der Waals surface area contributed by atoms with Crippen LogP contribution in [0, 0.1) is 5.82 Å². The van der Waals surface area contributed by atoms with Gasteiger partial charge in [-0.15, -0.1) is 0 Å². The van der Waals surface area contributed by atoms with Crippen LogP contribution in [0.3, 0.4) is 0 Å². The van der Waals surface area contributed by atoms with Gasteiger partial charge >= 0.3 is 0 Å². The van der Waals surface area contributed by atoms with Crippen LogP contribution in [0.4, 0.5) is 4.39 Å². The van der Waals surface area contributed by atoms with Crippen LogP contribution < -0.4 is 5.56 Å². The monoisotopic (exact) mass is 394 g/mol. The summed E-state index contributed by atoms with van der Waals surface area (Å²) in [5.41, 5.74) is 0.183. The van der Waals surface area contributed by atoms with Crippen LogP contribution in [0.2, 0.25) is 5.02 Å². The number of hydrogen-bond acceptors (Lipinski definition) is 4. The first-order valence-corrected chi connectivity index (χ1v) is 10.2. The Kier molecular flexibility index (Phi) is 6.50. The van der Waals surface area contributed by atoms with E-state index in [1.807, 2.05) is 6.92 Å². The highest BCUT2D eigenvalue weighted by molar-refractivity contribution is 6.35. The Morgan fingerprint density at radius 1 is 1.22 bits per heavy atom. The first-order valence-electron chi connectivity index (χ1n) is 9.78. The van der Waals surface area contributed by atoms with Crippen molar-refractivity contribution in [3.63, 3.8) is 0 Å². The molecule has 0 radical (unpaired) electrons. The van der Waals surface area contributed by atoms with Crippen molar-refractivity contribution in [3.05, 3.63) is 39.2 Å². The van der Waals surface area contributed by atoms with Gasteiger partial charge in [0.1, 0.15) is 11.6 Å². The number of nitrogens with zero attached hydrogens (tertiary/aromatic N) is 4. The van der Waals surface area contributed by atoms with Crippen LogP contribution in [-0.4, -0.2) is 52.6 Å². The zero-order chi connectivity index (χ0) is 19.6. The van der Waals surface area contributed by atoms with Crippen LogP contribution in [0.25, 0.3) is 10.9 Å². The maximum absolute atomic E-state index is 13.8. The van der Waals surface area contributed by atoms with E-state index in [2.05, 4.69) is 23.8 Å². The molecule has 1 atom stereocenters. The molecule has 1 aromatic carbocycles. The molecule has 2 aromatic rings. The minimum absolute atomic E-state index is 0.0552. The summed E-state index contributed by atoms with van der Waals surface area (Å²) in [7, 11) is 2.14. The van der Waals surface area contributed by atoms with E-state index in [1.165, 1.54) is 12.1 Å². The molecule has 27 heavy (non-hydrogen) atoms. The number of benzene rings is 1. The van der Waals surface area contributed by atoms with E-state index in [4.69, 9.17) is 16.6 Å². The minimum atomic E-state index is -0.512. The molecule has 1 unspecified atom stereocenters. The van der Waals surface area contributed by atoms with Crippen molar-refractivity contribution in [2.24, 2.45) is 0 Å². The molecule has 5 nitrogen and oxygen atoms in total. The van der Waals surface area contributed by atoms with Gasteiger partial charge in [-0.1, -0.05) is 24.9 Å². The zero-order valence-corrected chi connectivity index (χ0v) is 17.1. The van der Waals surface area contributed by atoms with Crippen LogP contribution >= 0.6 is 11.6 Å². The fourth-order valence-electron chi connectivity index (χ4n) is 3.95. The lowest BCUT2D eigenvalue weighted by molar-refractivity contribution is 0.180. The molecule has 1 aliphatic heterocycles. The molecule has 2 heterocycles. The molecule has 3 rings (SSSR count). The third-order valence-electron chi connectivity index (χ3n) is 5.38. The van der Waals surface area contributed by atoms with Crippen LogP contribution in [-0.2, 0) is 6.54 Å². The first kappa shape index (κ1) is 20.2. The Bertz CT molecular complexity index is 869. The van der Waals surface area contributed by atoms with Gasteiger partial charge in [0, 0.05) is 26.2 Å². The molecule has 7 heteroatoms. The van der Waals surface area contributed by atoms with E-state index >= 15 is 0 Å². The third kappa shape index (κ3) is 4.18. The lowest BCUT2D eigenvalue weighted by atomic mass is 10.1. The third-order valence-corrected chi connectivity index (χ3v) is 5.67. The maximum Gasteiger partial charge on any atom is 0.261 e. The van der Waals surface area contributed by atoms with Crippen molar-refractivity contribution in [2.45, 2.75) is 45.7 Å². The van der Waals surface area contributed by atoms with Crippen molar-refractivity contribution in [3.8, 4) is 0 Å². The van der Waals surface area contributed by atoms with E-state index in [-0.39, 0.29) is 22.0 Å². The molecule has 0 bridgehead atoms. The normalized spacial score (nSPS) is 18.0. The summed E-state index contributed by atoms with van der Waals surface area (Å²) in [5.74, 6) is 0.234. The topological polar surface area (TPSA) is 41.4 Å². The standard InChI is InChI=1S/C20H28ClFN4O/c1-4-7-17(25-9-6-8-24(3)10-11-25)19-23-18-15(20(27)26(19)5-2)12-14(22)13-16(18)21/h12-13,17H,4-11H2,1-3H3. The van der Waals surface area contributed by atoms with Crippen molar-refractivity contribution >= 4 is 22.5 Å². The maximum atomic E-state index is 13.8. The van der Waals surface area contributed by atoms with Gasteiger partial charge in [-0.05, 0) is 45.5 Å². The van der Waals surface area contributed by atoms with Gasteiger partial charge in [-0.3, -0.25) is 14.3 Å². The second-order valence-corrected chi connectivity index (χ2v) is 7.71. The number of fused-ring (bicyclic) bond motifs is 1. The molecular weight excluding hydrogens is 367 g/mol. The molecular formula is C20H28ClFN4O. The number of aromatic nitrogens is 2. The van der Waals surface area contributed by atoms with Crippen LogP contribution in [0.1, 0.15) is 45.0 Å². The number of rotatable bonds is 5. The Hall–Kier alpha value is -1.50. The predicted molar refractivity (Wildman–Crippen MR) is 108 cm³/mol. The van der Waals surface area contributed by atoms with Gasteiger partial charge in [0.25, 0.3) is 5.56 Å². The number of likely N-dealkylation sites (N-methyl/N-ethyl adjacent to an activating group) is 1. The lowest BCUT2D eigenvalue weighted by Crippen LogP contribution is -2.37. The van der Waals surface area contributed by atoms with Gasteiger partial charge in [-0.2, -0.15) is 0 Å². The second kappa shape index (κ2) is 8.67. The van der Waals surface area contributed by atoms with Crippen LogP contribution in [0.5, 0.6) is 0 Å². The summed E-state index contributed by atoms with van der Waals surface area (Å²) in [6.07, 6.45) is 3.00. The van der Waals surface area contributed by atoms with Gasteiger partial charge in [0.15, 0.2) is 0 Å². The summed E-state index contributed by atoms with van der Waals surface area (Å²) >= 11 is 6.24. The molecule has 0 spiro atoms. The van der Waals surface area contributed by atoms with E-state index in [0.29, 0.717) is 12.1 Å². The van der Waals surface area contributed by atoms with Crippen molar-refractivity contribution in [1.29, 1.82) is 0 Å². The molecule has 1 saturated heterocycles. The predicted octanol–water partition coefficient (Wildman–Crippen LogP) is 3.69. The lowest BCUT2D eigenvalue weighted by Gasteiger charge is -2.31. The molecule has 0 amide bonds. The summed E-state index contributed by atoms with van der Waals surface area (Å²) in [4.78, 5) is 22.6. The highest BCUT2D eigenvalue weighted by Gasteiger charge is 2.27.